The average molecular weight is 451 g/mol. The van der Waals surface area contributed by atoms with Crippen molar-refractivity contribution < 1.29 is 22.2 Å². The van der Waals surface area contributed by atoms with E-state index in [1.165, 1.54) is 0 Å². The van der Waals surface area contributed by atoms with Gasteiger partial charge in [-0.05, 0) is 65.2 Å². The van der Waals surface area contributed by atoms with E-state index in [2.05, 4.69) is 72.8 Å². The lowest BCUT2D eigenvalue weighted by Crippen LogP contribution is -2.58. The van der Waals surface area contributed by atoms with Gasteiger partial charge in [0.2, 0.25) is 0 Å². The van der Waals surface area contributed by atoms with E-state index in [0.717, 1.165) is 25.7 Å². The number of hydrogen-bond acceptors (Lipinski definition) is 4. The molecule has 160 valence electrons. The molecule has 9 heteroatoms. The van der Waals surface area contributed by atoms with Crippen molar-refractivity contribution in [3.05, 3.63) is 12.2 Å². The van der Waals surface area contributed by atoms with E-state index in [4.69, 9.17) is 12.3 Å². The second-order valence-electron chi connectivity index (χ2n) is 9.05. The van der Waals surface area contributed by atoms with Gasteiger partial charge in [0.25, 0.3) is 0 Å². The summed E-state index contributed by atoms with van der Waals surface area (Å²) in [6.45, 7) is 25.0. The van der Waals surface area contributed by atoms with Gasteiger partial charge in [-0.1, -0.05) is 33.3 Å². The molecule has 1 N–H and O–H groups in total. The lowest BCUT2D eigenvalue weighted by molar-refractivity contribution is -0.133. The van der Waals surface area contributed by atoms with Crippen LogP contribution in [0, 0.1) is 0 Å². The van der Waals surface area contributed by atoms with Gasteiger partial charge in [0.15, 0.2) is 17.4 Å². The maximum Gasteiger partial charge on any atom is 0.331 e. The van der Waals surface area contributed by atoms with E-state index >= 15 is 0 Å². The first-order chi connectivity index (χ1) is 12.1. The summed E-state index contributed by atoms with van der Waals surface area (Å²) < 4.78 is 19.4. The van der Waals surface area contributed by atoms with Gasteiger partial charge >= 0.3 is 23.1 Å². The monoisotopic (exact) mass is 450 g/mol. The van der Waals surface area contributed by atoms with Crippen molar-refractivity contribution in [2.75, 3.05) is 0 Å². The molecular formula is C18H42O5Si4. The Hall–Kier alpha value is -0.0425. The Morgan fingerprint density at radius 3 is 1.74 bits per heavy atom. The molecule has 0 spiro atoms. The highest BCUT2D eigenvalue weighted by Gasteiger charge is 2.54. The lowest BCUT2D eigenvalue weighted by Gasteiger charge is -2.49. The zero-order chi connectivity index (χ0) is 21.7. The van der Waals surface area contributed by atoms with Gasteiger partial charge in [-0.25, -0.2) is 4.79 Å². The van der Waals surface area contributed by atoms with Crippen LogP contribution in [0.4, 0.5) is 0 Å². The van der Waals surface area contributed by atoms with Crippen molar-refractivity contribution >= 4 is 40.4 Å². The van der Waals surface area contributed by atoms with Crippen molar-refractivity contribution in [1.29, 1.82) is 0 Å². The van der Waals surface area contributed by atoms with Gasteiger partial charge in [-0.2, -0.15) is 0 Å². The molecule has 0 aromatic heterocycles. The maximum absolute atomic E-state index is 11.9. The predicted octanol–water partition coefficient (Wildman–Crippen LogP) is 5.61. The summed E-state index contributed by atoms with van der Waals surface area (Å²) in [7, 11) is -8.46. The van der Waals surface area contributed by atoms with Gasteiger partial charge in [-0.3, -0.25) is 0 Å². The standard InChI is InChI=1S/C18H42O5Si4/c1-12-14-18(15-13-2,16(3)17(19)20)25(6,7)22-27(10,11)23-26(8,9)21-24(4)5/h24H,3,12-15H2,1-2,4-11H3,(H,19,20). The first-order valence-corrected chi connectivity index (χ1v) is 21.4. The van der Waals surface area contributed by atoms with E-state index in [1.54, 1.807) is 0 Å². The number of aliphatic carboxylic acids is 1. The quantitative estimate of drug-likeness (QED) is 0.292. The molecule has 27 heavy (non-hydrogen) atoms. The fraction of sp³-hybridized carbons (Fsp3) is 0.833. The van der Waals surface area contributed by atoms with Crippen LogP contribution in [0.25, 0.3) is 0 Å². The summed E-state index contributed by atoms with van der Waals surface area (Å²) in [6.07, 6.45) is 3.37. The maximum atomic E-state index is 11.9. The van der Waals surface area contributed by atoms with Crippen LogP contribution in [0.15, 0.2) is 12.2 Å². The lowest BCUT2D eigenvalue weighted by atomic mass is 9.89. The Balaban J connectivity index is 5.85. The highest BCUT2D eigenvalue weighted by atomic mass is 28.5. The Labute approximate surface area is 171 Å². The van der Waals surface area contributed by atoms with Crippen molar-refractivity contribution in [2.45, 2.75) is 96.9 Å². The zero-order valence-corrected chi connectivity index (χ0v) is 23.3. The minimum atomic E-state index is -2.50. The molecule has 0 amide bonds. The third kappa shape index (κ3) is 7.71. The summed E-state index contributed by atoms with van der Waals surface area (Å²) >= 11 is 0. The molecule has 0 aliphatic heterocycles. The number of hydrogen-bond donors (Lipinski definition) is 1. The van der Waals surface area contributed by atoms with E-state index in [9.17, 15) is 9.90 Å². The van der Waals surface area contributed by atoms with Crippen LogP contribution in [0.5, 0.6) is 0 Å². The summed E-state index contributed by atoms with van der Waals surface area (Å²) in [5, 5.41) is 9.27. The predicted molar refractivity (Wildman–Crippen MR) is 124 cm³/mol. The number of carboxylic acid groups (broad SMARTS) is 1. The van der Waals surface area contributed by atoms with Crippen molar-refractivity contribution in [3.63, 3.8) is 0 Å². The van der Waals surface area contributed by atoms with Crippen LogP contribution in [0.1, 0.15) is 39.5 Å². The van der Waals surface area contributed by atoms with E-state index in [0.29, 0.717) is 5.57 Å². The van der Waals surface area contributed by atoms with E-state index in [-0.39, 0.29) is 0 Å². The SMILES string of the molecule is C=C(C(=O)O)C(CCC)(CCC)[Si](C)(C)O[Si](C)(C)O[Si](C)(C)O[SiH](C)C. The smallest absolute Gasteiger partial charge is 0.331 e. The third-order valence-electron chi connectivity index (χ3n) is 4.85. The zero-order valence-electron chi connectivity index (χ0n) is 19.2. The Kier molecular flexibility index (Phi) is 10.1. The van der Waals surface area contributed by atoms with Gasteiger partial charge < -0.3 is 17.5 Å². The molecule has 0 atom stereocenters. The summed E-state index contributed by atoms with van der Waals surface area (Å²) in [6, 6.07) is 0. The highest BCUT2D eigenvalue weighted by molar-refractivity contribution is 6.89. The molecule has 0 aliphatic carbocycles. The molecule has 0 aromatic carbocycles. The molecule has 0 rings (SSSR count). The highest BCUT2D eigenvalue weighted by Crippen LogP contribution is 2.53. The molecule has 0 heterocycles. The van der Waals surface area contributed by atoms with Crippen molar-refractivity contribution in [1.82, 2.24) is 0 Å². The Bertz CT molecular complexity index is 512. The largest absolute Gasteiger partial charge is 0.478 e. The van der Waals surface area contributed by atoms with E-state index < -0.39 is 45.5 Å². The third-order valence-corrected chi connectivity index (χ3v) is 20.1. The fourth-order valence-corrected chi connectivity index (χ4v) is 23.0. The minimum Gasteiger partial charge on any atom is -0.478 e. The molecule has 0 aliphatic rings. The van der Waals surface area contributed by atoms with Gasteiger partial charge in [0.05, 0.1) is 0 Å². The van der Waals surface area contributed by atoms with Crippen LogP contribution >= 0.6 is 0 Å². The molecule has 0 unspecified atom stereocenters. The Morgan fingerprint density at radius 2 is 1.41 bits per heavy atom. The molecule has 0 saturated carbocycles. The van der Waals surface area contributed by atoms with Crippen LogP contribution in [0.3, 0.4) is 0 Å². The van der Waals surface area contributed by atoms with Crippen molar-refractivity contribution in [3.8, 4) is 0 Å². The summed E-state index contributed by atoms with van der Waals surface area (Å²) in [5.74, 6) is -0.912. The molecule has 0 bridgehead atoms. The van der Waals surface area contributed by atoms with Crippen molar-refractivity contribution in [2.24, 2.45) is 0 Å². The number of carboxylic acids is 1. The average Bonchev–Trinajstić information content (AvgIpc) is 2.41. The molecular weight excluding hydrogens is 409 g/mol. The van der Waals surface area contributed by atoms with Gasteiger partial charge in [0, 0.05) is 10.6 Å². The van der Waals surface area contributed by atoms with Gasteiger partial charge in [0.1, 0.15) is 0 Å². The summed E-state index contributed by atoms with van der Waals surface area (Å²) in [4.78, 5) is 11.9. The van der Waals surface area contributed by atoms with Crippen LogP contribution in [0.2, 0.25) is 57.4 Å². The second-order valence-corrected chi connectivity index (χ2v) is 23.3. The Morgan fingerprint density at radius 1 is 0.963 bits per heavy atom. The van der Waals surface area contributed by atoms with Crippen LogP contribution < -0.4 is 0 Å². The van der Waals surface area contributed by atoms with Crippen LogP contribution in [-0.2, 0) is 17.1 Å². The fourth-order valence-electron chi connectivity index (χ4n) is 4.37. The summed E-state index contributed by atoms with van der Waals surface area (Å²) in [5.41, 5.74) is 0.301. The van der Waals surface area contributed by atoms with Crippen LogP contribution in [-0.4, -0.2) is 45.6 Å². The molecule has 0 radical (unpaired) electrons. The molecule has 0 fully saturated rings. The molecule has 0 aromatic rings. The first-order valence-electron chi connectivity index (χ1n) is 10.1. The normalized spacial score (nSPS) is 13.9. The number of rotatable bonds is 13. The van der Waals surface area contributed by atoms with E-state index in [1.807, 2.05) is 0 Å². The molecule has 5 nitrogen and oxygen atoms in total. The molecule has 0 saturated heterocycles. The minimum absolute atomic E-state index is 0.301. The van der Waals surface area contributed by atoms with Gasteiger partial charge in [-0.15, -0.1) is 0 Å². The number of carbonyl (C=O) groups is 1. The topological polar surface area (TPSA) is 65.0 Å². The second kappa shape index (κ2) is 10.1. The first kappa shape index (κ1) is 27.0.